The van der Waals surface area contributed by atoms with Gasteiger partial charge in [-0.3, -0.25) is 24.0 Å². The van der Waals surface area contributed by atoms with Gasteiger partial charge >= 0.3 is 0 Å². The van der Waals surface area contributed by atoms with Crippen LogP contribution in [0.15, 0.2) is 48.5 Å². The Labute approximate surface area is 281 Å². The van der Waals surface area contributed by atoms with Crippen LogP contribution in [0.3, 0.4) is 0 Å². The molecule has 7 rings (SSSR count). The number of hydrogen-bond donors (Lipinski definition) is 2. The molecule has 3 saturated carbocycles. The molecule has 7 heteroatoms. The van der Waals surface area contributed by atoms with E-state index in [4.69, 9.17) is 0 Å². The van der Waals surface area contributed by atoms with Gasteiger partial charge in [-0.2, -0.15) is 0 Å². The normalized spacial score (nSPS) is 32.0. The number of ketones is 5. The van der Waals surface area contributed by atoms with Crippen molar-refractivity contribution >= 4 is 39.7 Å². The zero-order chi connectivity index (χ0) is 34.5. The minimum absolute atomic E-state index is 0.0255. The van der Waals surface area contributed by atoms with Gasteiger partial charge in [0.15, 0.2) is 28.7 Å². The number of benzene rings is 3. The minimum atomic E-state index is -2.71. The number of fused-ring (bicyclic) bond motifs is 4. The van der Waals surface area contributed by atoms with E-state index in [9.17, 15) is 34.2 Å². The summed E-state index contributed by atoms with van der Waals surface area (Å²) >= 11 is 0. The van der Waals surface area contributed by atoms with Crippen LogP contribution in [0, 0.1) is 40.4 Å². The lowest BCUT2D eigenvalue weighted by atomic mass is 9.40. The van der Waals surface area contributed by atoms with E-state index in [1.807, 2.05) is 25.1 Å². The number of hydrogen-bond acceptors (Lipinski definition) is 7. The first-order chi connectivity index (χ1) is 22.7. The van der Waals surface area contributed by atoms with Gasteiger partial charge in [0.25, 0.3) is 0 Å². The molecule has 0 saturated heterocycles. The largest absolute Gasteiger partial charge is 0.507 e. The van der Waals surface area contributed by atoms with Gasteiger partial charge in [0.05, 0.1) is 11.5 Å². The SMILES string of the molecule is CC(=O)C1C(=O)C(C(C)C)[C@@]2(C)C[C@@]3(C)Cc4c(-c5ccc(CC6CCCC6)c6ccccc56)ccc(O)c4C(=O)C3C(=O)[C@@]2(O)C1=O. The lowest BCUT2D eigenvalue weighted by Crippen LogP contribution is -2.76. The van der Waals surface area contributed by atoms with Crippen LogP contribution in [0.25, 0.3) is 21.9 Å². The van der Waals surface area contributed by atoms with Crippen LogP contribution >= 0.6 is 0 Å². The molecule has 0 bridgehead atoms. The Morgan fingerprint density at radius 3 is 2.19 bits per heavy atom. The van der Waals surface area contributed by atoms with Crippen molar-refractivity contribution in [2.75, 3.05) is 0 Å². The molecule has 3 unspecified atom stereocenters. The average Bonchev–Trinajstić information content (AvgIpc) is 3.52. The molecule has 7 nitrogen and oxygen atoms in total. The number of Topliss-reactive ketones (excluding diaryl/α,β-unsaturated/α-hetero) is 5. The number of phenols is 1. The van der Waals surface area contributed by atoms with Crippen LogP contribution in [0.5, 0.6) is 5.75 Å². The lowest BCUT2D eigenvalue weighted by Gasteiger charge is -2.61. The molecule has 2 N–H and O–H groups in total. The standard InChI is InChI=1S/C41H44O7/c1-21(2)33-35(44)31(22(3)42)37(46)41(48)38(47)34-36(45)32-29(19-39(34,4)20-40(33,41)5)28(16-17-30(32)43)27-15-14-24(18-23-10-6-7-11-23)25-12-8-9-13-26(25)27/h8-9,12-17,21,23,31,33-34,43,48H,6-7,10-11,18-20H2,1-5H3/t31?,33?,34?,39-,40-,41+/m1/s1. The van der Waals surface area contributed by atoms with Crippen LogP contribution in [0.2, 0.25) is 0 Å². The maximum atomic E-state index is 14.6. The molecule has 250 valence electrons. The van der Waals surface area contributed by atoms with E-state index < -0.39 is 69.0 Å². The minimum Gasteiger partial charge on any atom is -0.507 e. The highest BCUT2D eigenvalue weighted by Gasteiger charge is 2.76. The Kier molecular flexibility index (Phi) is 7.48. The maximum Gasteiger partial charge on any atom is 0.190 e. The third kappa shape index (κ3) is 4.32. The maximum absolute atomic E-state index is 14.6. The summed E-state index contributed by atoms with van der Waals surface area (Å²) in [5, 5.41) is 25.7. The Morgan fingerprint density at radius 1 is 0.896 bits per heavy atom. The second-order valence-electron chi connectivity index (χ2n) is 16.0. The number of phenolic OH excluding ortho intramolecular Hbond substituents is 1. The van der Waals surface area contributed by atoms with Crippen molar-refractivity contribution in [2.45, 2.75) is 85.2 Å². The van der Waals surface area contributed by atoms with Crippen LogP contribution in [-0.4, -0.2) is 44.7 Å². The van der Waals surface area contributed by atoms with Crippen molar-refractivity contribution in [3.05, 3.63) is 65.2 Å². The fourth-order valence-electron chi connectivity index (χ4n) is 10.7. The molecule has 0 aliphatic heterocycles. The molecular weight excluding hydrogens is 604 g/mol. The number of carbonyl (C=O) groups excluding carboxylic acids is 5. The number of aromatic hydroxyl groups is 1. The van der Waals surface area contributed by atoms with Gasteiger partial charge in [-0.05, 0) is 82.5 Å². The first-order valence-corrected chi connectivity index (χ1v) is 17.4. The van der Waals surface area contributed by atoms with Crippen LogP contribution < -0.4 is 0 Å². The summed E-state index contributed by atoms with van der Waals surface area (Å²) in [5.74, 6) is -8.21. The molecule has 0 radical (unpaired) electrons. The number of carbonyl (C=O) groups is 5. The Balaban J connectivity index is 1.39. The average molecular weight is 649 g/mol. The summed E-state index contributed by atoms with van der Waals surface area (Å²) in [6, 6.07) is 15.8. The highest BCUT2D eigenvalue weighted by Crippen LogP contribution is 2.64. The summed E-state index contributed by atoms with van der Waals surface area (Å²) in [6.45, 7) is 8.12. The van der Waals surface area contributed by atoms with Gasteiger partial charge in [0.2, 0.25) is 0 Å². The van der Waals surface area contributed by atoms with Gasteiger partial charge in [-0.15, -0.1) is 0 Å². The van der Waals surface area contributed by atoms with Gasteiger partial charge in [-0.1, -0.05) is 95.8 Å². The quantitative estimate of drug-likeness (QED) is 0.297. The van der Waals surface area contributed by atoms with E-state index in [0.717, 1.165) is 35.2 Å². The van der Waals surface area contributed by atoms with E-state index >= 15 is 0 Å². The highest BCUT2D eigenvalue weighted by molar-refractivity contribution is 6.32. The lowest BCUT2D eigenvalue weighted by molar-refractivity contribution is -0.205. The monoisotopic (exact) mass is 648 g/mol. The molecule has 0 aromatic heterocycles. The first-order valence-electron chi connectivity index (χ1n) is 17.4. The van der Waals surface area contributed by atoms with Crippen molar-refractivity contribution < 1.29 is 34.2 Å². The molecule has 4 aliphatic carbocycles. The summed E-state index contributed by atoms with van der Waals surface area (Å²) in [6.07, 6.45) is 6.26. The Bertz CT molecular complexity index is 1930. The summed E-state index contributed by atoms with van der Waals surface area (Å²) in [5.41, 5.74) is -1.70. The molecule has 0 heterocycles. The molecule has 0 amide bonds. The zero-order valence-electron chi connectivity index (χ0n) is 28.4. The highest BCUT2D eigenvalue weighted by atomic mass is 16.3. The van der Waals surface area contributed by atoms with E-state index in [2.05, 4.69) is 24.3 Å². The first kappa shape index (κ1) is 32.6. The fraction of sp³-hybridized carbons (Fsp3) is 0.488. The van der Waals surface area contributed by atoms with Gasteiger partial charge < -0.3 is 10.2 Å². The molecular formula is C41H44O7. The molecule has 48 heavy (non-hydrogen) atoms. The van der Waals surface area contributed by atoms with E-state index in [0.29, 0.717) is 11.5 Å². The van der Waals surface area contributed by atoms with Crippen LogP contribution in [-0.2, 0) is 32.0 Å². The molecule has 4 aliphatic rings. The van der Waals surface area contributed by atoms with E-state index in [-0.39, 0.29) is 24.2 Å². The second-order valence-corrected chi connectivity index (χ2v) is 16.0. The molecule has 0 spiro atoms. The fourth-order valence-corrected chi connectivity index (χ4v) is 10.7. The third-order valence-electron chi connectivity index (χ3n) is 12.6. The van der Waals surface area contributed by atoms with Crippen molar-refractivity contribution in [3.63, 3.8) is 0 Å². The van der Waals surface area contributed by atoms with Gasteiger partial charge in [0.1, 0.15) is 17.5 Å². The van der Waals surface area contributed by atoms with Crippen LogP contribution in [0.1, 0.15) is 88.2 Å². The van der Waals surface area contributed by atoms with Crippen molar-refractivity contribution in [2.24, 2.45) is 40.4 Å². The Morgan fingerprint density at radius 2 is 1.54 bits per heavy atom. The topological polar surface area (TPSA) is 126 Å². The summed E-state index contributed by atoms with van der Waals surface area (Å²) < 4.78 is 0. The summed E-state index contributed by atoms with van der Waals surface area (Å²) in [4.78, 5) is 69.6. The smallest absolute Gasteiger partial charge is 0.190 e. The van der Waals surface area contributed by atoms with E-state index in [1.54, 1.807) is 20.8 Å². The van der Waals surface area contributed by atoms with Crippen molar-refractivity contribution in [1.82, 2.24) is 0 Å². The number of aliphatic hydroxyl groups is 1. The zero-order valence-corrected chi connectivity index (χ0v) is 28.4. The number of rotatable bonds is 5. The third-order valence-corrected chi connectivity index (χ3v) is 12.6. The van der Waals surface area contributed by atoms with Crippen LogP contribution in [0.4, 0.5) is 0 Å². The van der Waals surface area contributed by atoms with E-state index in [1.165, 1.54) is 37.3 Å². The Hall–Kier alpha value is -3.97. The van der Waals surface area contributed by atoms with Crippen molar-refractivity contribution in [1.29, 1.82) is 0 Å². The molecule has 6 atom stereocenters. The van der Waals surface area contributed by atoms with Gasteiger partial charge in [0, 0.05) is 11.3 Å². The molecule has 3 aromatic carbocycles. The summed E-state index contributed by atoms with van der Waals surface area (Å²) in [7, 11) is 0. The van der Waals surface area contributed by atoms with Gasteiger partial charge in [-0.25, -0.2) is 0 Å². The molecule has 3 fully saturated rings. The molecule has 3 aromatic rings. The predicted molar refractivity (Wildman–Crippen MR) is 182 cm³/mol. The second kappa shape index (κ2) is 11.0. The van der Waals surface area contributed by atoms with Crippen molar-refractivity contribution in [3.8, 4) is 16.9 Å². The predicted octanol–water partition coefficient (Wildman–Crippen LogP) is 6.65.